The van der Waals surface area contributed by atoms with Gasteiger partial charge in [0.25, 0.3) is 0 Å². The van der Waals surface area contributed by atoms with Crippen LogP contribution in [0, 0.1) is 0 Å². The Kier molecular flexibility index (Phi) is 6.03. The molecule has 0 aliphatic carbocycles. The van der Waals surface area contributed by atoms with Crippen molar-refractivity contribution in [2.75, 3.05) is 13.7 Å². The van der Waals surface area contributed by atoms with Gasteiger partial charge in [0, 0.05) is 24.7 Å². The van der Waals surface area contributed by atoms with Crippen molar-refractivity contribution in [1.82, 2.24) is 4.90 Å². The minimum absolute atomic E-state index is 0.154. The molecule has 0 aromatic heterocycles. The van der Waals surface area contributed by atoms with Crippen molar-refractivity contribution in [3.05, 3.63) is 60.7 Å². The number of hydrogen-bond acceptors (Lipinski definition) is 3. The molecular formula is C16H21NO2. The maximum absolute atomic E-state index is 11.4. The molecule has 0 bridgehead atoms. The van der Waals surface area contributed by atoms with Gasteiger partial charge in [-0.25, -0.2) is 4.79 Å². The first-order valence-corrected chi connectivity index (χ1v) is 6.25. The molecule has 0 N–H and O–H groups in total. The number of nitrogens with zero attached hydrogens (tertiary/aromatic N) is 1. The Morgan fingerprint density at radius 3 is 2.58 bits per heavy atom. The average molecular weight is 259 g/mol. The quantitative estimate of drug-likeness (QED) is 0.428. The number of methoxy groups -OCH3 is 1. The third-order valence-corrected chi connectivity index (χ3v) is 3.01. The molecule has 19 heavy (non-hydrogen) atoms. The van der Waals surface area contributed by atoms with Crippen LogP contribution in [-0.4, -0.2) is 30.6 Å². The zero-order chi connectivity index (χ0) is 14.3. The molecule has 102 valence electrons. The lowest BCUT2D eigenvalue weighted by Gasteiger charge is -2.27. The molecule has 0 aliphatic rings. The lowest BCUT2D eigenvalue weighted by Crippen LogP contribution is -2.34. The molecule has 0 aliphatic heterocycles. The van der Waals surface area contributed by atoms with Gasteiger partial charge in [-0.1, -0.05) is 43.0 Å². The monoisotopic (exact) mass is 259 g/mol. The molecule has 3 nitrogen and oxygen atoms in total. The van der Waals surface area contributed by atoms with E-state index in [2.05, 4.69) is 34.9 Å². The zero-order valence-corrected chi connectivity index (χ0v) is 11.6. The van der Waals surface area contributed by atoms with Gasteiger partial charge in [0.2, 0.25) is 0 Å². The van der Waals surface area contributed by atoms with Crippen LogP contribution in [0.5, 0.6) is 0 Å². The van der Waals surface area contributed by atoms with E-state index in [1.807, 2.05) is 31.2 Å². The fourth-order valence-corrected chi connectivity index (χ4v) is 1.76. The van der Waals surface area contributed by atoms with E-state index in [9.17, 15) is 4.79 Å². The Hall–Kier alpha value is -1.87. The summed E-state index contributed by atoms with van der Waals surface area (Å²) in [6.07, 6.45) is 1.85. The Balaban J connectivity index is 2.75. The second-order valence-electron chi connectivity index (χ2n) is 4.46. The Bertz CT molecular complexity index is 439. The van der Waals surface area contributed by atoms with Gasteiger partial charge >= 0.3 is 5.97 Å². The third-order valence-electron chi connectivity index (χ3n) is 3.01. The fraction of sp³-hybridized carbons (Fsp3) is 0.312. The highest BCUT2D eigenvalue weighted by Crippen LogP contribution is 2.11. The molecular weight excluding hydrogens is 238 g/mol. The first-order valence-electron chi connectivity index (χ1n) is 6.25. The van der Waals surface area contributed by atoms with Crippen molar-refractivity contribution in [2.45, 2.75) is 19.5 Å². The summed E-state index contributed by atoms with van der Waals surface area (Å²) in [4.78, 5) is 13.6. The topological polar surface area (TPSA) is 29.5 Å². The van der Waals surface area contributed by atoms with E-state index >= 15 is 0 Å². The number of carbonyl (C=O) groups is 1. The van der Waals surface area contributed by atoms with E-state index in [0.29, 0.717) is 12.1 Å². The smallest absolute Gasteiger partial charge is 0.334 e. The van der Waals surface area contributed by atoms with Gasteiger partial charge in [0.1, 0.15) is 0 Å². The Morgan fingerprint density at radius 2 is 2.05 bits per heavy atom. The Morgan fingerprint density at radius 1 is 1.42 bits per heavy atom. The van der Waals surface area contributed by atoms with E-state index in [1.165, 1.54) is 12.7 Å². The number of rotatable bonds is 7. The van der Waals surface area contributed by atoms with Crippen LogP contribution < -0.4 is 0 Å². The van der Waals surface area contributed by atoms with Crippen LogP contribution in [0.4, 0.5) is 0 Å². The van der Waals surface area contributed by atoms with Crippen molar-refractivity contribution in [3.63, 3.8) is 0 Å². The summed E-state index contributed by atoms with van der Waals surface area (Å²) >= 11 is 0. The molecule has 0 amide bonds. The van der Waals surface area contributed by atoms with Crippen LogP contribution in [0.3, 0.4) is 0 Å². The predicted molar refractivity (Wildman–Crippen MR) is 77.7 cm³/mol. The molecule has 0 fully saturated rings. The van der Waals surface area contributed by atoms with Gasteiger partial charge in [-0.05, 0) is 12.5 Å². The van der Waals surface area contributed by atoms with Crippen molar-refractivity contribution in [1.29, 1.82) is 0 Å². The number of ether oxygens (including phenoxy) is 1. The van der Waals surface area contributed by atoms with Crippen molar-refractivity contribution < 1.29 is 9.53 Å². The summed E-state index contributed by atoms with van der Waals surface area (Å²) in [6, 6.07) is 10.3. The van der Waals surface area contributed by atoms with Crippen LogP contribution in [0.15, 0.2) is 55.1 Å². The highest BCUT2D eigenvalue weighted by molar-refractivity contribution is 5.88. The van der Waals surface area contributed by atoms with Gasteiger partial charge in [-0.3, -0.25) is 4.90 Å². The summed E-state index contributed by atoms with van der Waals surface area (Å²) < 4.78 is 4.69. The predicted octanol–water partition coefficient (Wildman–Crippen LogP) is 2.79. The fourth-order valence-electron chi connectivity index (χ4n) is 1.76. The summed E-state index contributed by atoms with van der Waals surface area (Å²) in [6.45, 7) is 10.8. The lowest BCUT2D eigenvalue weighted by atomic mass is 10.1. The van der Waals surface area contributed by atoms with E-state index in [-0.39, 0.29) is 12.0 Å². The van der Waals surface area contributed by atoms with Gasteiger partial charge in [-0.15, -0.1) is 6.58 Å². The second kappa shape index (κ2) is 7.54. The summed E-state index contributed by atoms with van der Waals surface area (Å²) in [5.41, 5.74) is 1.64. The van der Waals surface area contributed by atoms with Gasteiger partial charge in [0.05, 0.1) is 7.11 Å². The number of benzene rings is 1. The molecule has 1 atom stereocenters. The highest BCUT2D eigenvalue weighted by Gasteiger charge is 2.16. The zero-order valence-electron chi connectivity index (χ0n) is 11.6. The summed E-state index contributed by atoms with van der Waals surface area (Å²) in [7, 11) is 1.37. The first kappa shape index (κ1) is 15.2. The van der Waals surface area contributed by atoms with Crippen LogP contribution in [0.2, 0.25) is 0 Å². The minimum atomic E-state index is -0.366. The van der Waals surface area contributed by atoms with Crippen LogP contribution in [0.25, 0.3) is 0 Å². The molecule has 0 radical (unpaired) electrons. The number of carbonyl (C=O) groups excluding carboxylic acids is 1. The van der Waals surface area contributed by atoms with Gasteiger partial charge < -0.3 is 4.74 Å². The lowest BCUT2D eigenvalue weighted by molar-refractivity contribution is -0.136. The molecule has 1 aromatic carbocycles. The highest BCUT2D eigenvalue weighted by atomic mass is 16.5. The number of hydrogen-bond donors (Lipinski definition) is 0. The minimum Gasteiger partial charge on any atom is -0.466 e. The standard InChI is InChI=1S/C16H21NO2/c1-5-14(3)17(11-13(2)16(18)19-4)12-15-9-7-6-8-10-15/h5-10,14H,1-2,11-12H2,3-4H3. The normalized spacial score (nSPS) is 11.9. The third kappa shape index (κ3) is 4.72. The van der Waals surface area contributed by atoms with Crippen molar-refractivity contribution in [2.24, 2.45) is 0 Å². The van der Waals surface area contributed by atoms with Gasteiger partial charge in [-0.2, -0.15) is 0 Å². The molecule has 0 spiro atoms. The van der Waals surface area contributed by atoms with Crippen LogP contribution >= 0.6 is 0 Å². The van der Waals surface area contributed by atoms with E-state index in [4.69, 9.17) is 0 Å². The van der Waals surface area contributed by atoms with Gasteiger partial charge in [0.15, 0.2) is 0 Å². The second-order valence-corrected chi connectivity index (χ2v) is 4.46. The van der Waals surface area contributed by atoms with Crippen LogP contribution in [-0.2, 0) is 16.1 Å². The molecule has 1 rings (SSSR count). The maximum atomic E-state index is 11.4. The molecule has 0 saturated carbocycles. The van der Waals surface area contributed by atoms with E-state index < -0.39 is 0 Å². The number of esters is 1. The SMILES string of the molecule is C=CC(C)N(CC(=C)C(=O)OC)Cc1ccccc1. The molecule has 1 aromatic rings. The average Bonchev–Trinajstić information content (AvgIpc) is 2.45. The van der Waals surface area contributed by atoms with Crippen molar-refractivity contribution >= 4 is 5.97 Å². The summed E-state index contributed by atoms with van der Waals surface area (Å²) in [5.74, 6) is -0.366. The molecule has 3 heteroatoms. The maximum Gasteiger partial charge on any atom is 0.334 e. The van der Waals surface area contributed by atoms with E-state index in [0.717, 1.165) is 6.54 Å². The van der Waals surface area contributed by atoms with E-state index in [1.54, 1.807) is 0 Å². The molecule has 1 unspecified atom stereocenters. The summed E-state index contributed by atoms with van der Waals surface area (Å²) in [5, 5.41) is 0. The van der Waals surface area contributed by atoms with Crippen LogP contribution in [0.1, 0.15) is 12.5 Å². The van der Waals surface area contributed by atoms with Crippen molar-refractivity contribution in [3.8, 4) is 0 Å². The molecule has 0 heterocycles. The first-order chi connectivity index (χ1) is 9.08. The largest absolute Gasteiger partial charge is 0.466 e. The molecule has 0 saturated heterocycles. The Labute approximate surface area is 115 Å².